The van der Waals surface area contributed by atoms with Crippen molar-refractivity contribution in [3.8, 4) is 5.75 Å². The van der Waals surface area contributed by atoms with Crippen LogP contribution in [0, 0.1) is 0 Å². The van der Waals surface area contributed by atoms with Gasteiger partial charge in [-0.1, -0.05) is 12.1 Å². The van der Waals surface area contributed by atoms with E-state index >= 15 is 0 Å². The van der Waals surface area contributed by atoms with Gasteiger partial charge in [-0.2, -0.15) is 0 Å². The number of nitrogens with two attached hydrogens (primary N) is 1. The third-order valence-corrected chi connectivity index (χ3v) is 2.34. The van der Waals surface area contributed by atoms with Gasteiger partial charge in [0.05, 0.1) is 13.7 Å². The molecule has 1 rings (SSSR count). The van der Waals surface area contributed by atoms with E-state index in [0.717, 1.165) is 18.7 Å². The minimum Gasteiger partial charge on any atom is -0.497 e. The van der Waals surface area contributed by atoms with Crippen molar-refractivity contribution in [3.63, 3.8) is 0 Å². The Bertz CT molecular complexity index is 353. The lowest BCUT2D eigenvalue weighted by Gasteiger charge is -2.14. The summed E-state index contributed by atoms with van der Waals surface area (Å²) in [6.45, 7) is 1.10. The highest BCUT2D eigenvalue weighted by Gasteiger charge is 2.03. The van der Waals surface area contributed by atoms with Crippen LogP contribution in [0.3, 0.4) is 0 Å². The van der Waals surface area contributed by atoms with Crippen LogP contribution in [0.1, 0.15) is 5.56 Å². The Morgan fingerprint density at radius 3 is 2.88 bits per heavy atom. The Balaban J connectivity index is 2.44. The first-order valence-electron chi connectivity index (χ1n) is 5.21. The van der Waals surface area contributed by atoms with Gasteiger partial charge in [0.1, 0.15) is 5.75 Å². The summed E-state index contributed by atoms with van der Waals surface area (Å²) in [6.07, 6.45) is 0.876. The summed E-state index contributed by atoms with van der Waals surface area (Å²) >= 11 is 0. The molecule has 2 N–H and O–H groups in total. The van der Waals surface area contributed by atoms with Gasteiger partial charge in [-0.3, -0.25) is 9.69 Å². The second-order valence-corrected chi connectivity index (χ2v) is 3.81. The lowest BCUT2D eigenvalue weighted by atomic mass is 10.1. The van der Waals surface area contributed by atoms with E-state index in [1.807, 2.05) is 36.2 Å². The topological polar surface area (TPSA) is 55.6 Å². The second-order valence-electron chi connectivity index (χ2n) is 3.81. The van der Waals surface area contributed by atoms with Gasteiger partial charge in [0.15, 0.2) is 0 Å². The molecule has 0 saturated heterocycles. The number of ether oxygens (including phenoxy) is 1. The van der Waals surface area contributed by atoms with Gasteiger partial charge < -0.3 is 10.5 Å². The monoisotopic (exact) mass is 222 g/mol. The van der Waals surface area contributed by atoms with Crippen LogP contribution in [0.25, 0.3) is 0 Å². The quantitative estimate of drug-likeness (QED) is 0.769. The normalized spacial score (nSPS) is 10.4. The van der Waals surface area contributed by atoms with Gasteiger partial charge >= 0.3 is 0 Å². The van der Waals surface area contributed by atoms with Gasteiger partial charge in [-0.25, -0.2) is 0 Å². The standard InChI is InChI=1S/C12H18N2O2/c1-14(9-12(13)15)7-6-10-4-3-5-11(8-10)16-2/h3-5,8H,6-7,9H2,1-2H3,(H2,13,15). The van der Waals surface area contributed by atoms with Gasteiger partial charge in [-0.15, -0.1) is 0 Å². The first-order valence-corrected chi connectivity index (χ1v) is 5.21. The van der Waals surface area contributed by atoms with Crippen molar-refractivity contribution in [3.05, 3.63) is 29.8 Å². The van der Waals surface area contributed by atoms with Crippen LogP contribution in [0.5, 0.6) is 5.75 Å². The SMILES string of the molecule is COc1cccc(CCN(C)CC(N)=O)c1. The zero-order valence-corrected chi connectivity index (χ0v) is 9.77. The number of likely N-dealkylation sites (N-methyl/N-ethyl adjacent to an activating group) is 1. The maximum Gasteiger partial charge on any atom is 0.231 e. The van der Waals surface area contributed by atoms with Crippen LogP contribution in [0.4, 0.5) is 0 Å². The molecule has 4 nitrogen and oxygen atoms in total. The zero-order chi connectivity index (χ0) is 12.0. The smallest absolute Gasteiger partial charge is 0.231 e. The summed E-state index contributed by atoms with van der Waals surface area (Å²) in [6, 6.07) is 7.91. The fourth-order valence-corrected chi connectivity index (χ4v) is 1.49. The molecule has 1 aromatic carbocycles. The minimum absolute atomic E-state index is 0.296. The fraction of sp³-hybridized carbons (Fsp3) is 0.417. The number of carbonyl (C=O) groups excluding carboxylic acids is 1. The Morgan fingerprint density at radius 1 is 1.50 bits per heavy atom. The number of hydrogen-bond donors (Lipinski definition) is 1. The Morgan fingerprint density at radius 2 is 2.25 bits per heavy atom. The second kappa shape index (κ2) is 6.12. The zero-order valence-electron chi connectivity index (χ0n) is 9.77. The summed E-state index contributed by atoms with van der Waals surface area (Å²) in [5, 5.41) is 0. The third-order valence-electron chi connectivity index (χ3n) is 2.34. The number of hydrogen-bond acceptors (Lipinski definition) is 3. The number of rotatable bonds is 6. The van der Waals surface area contributed by atoms with Crippen LogP contribution in [0.2, 0.25) is 0 Å². The maximum absolute atomic E-state index is 10.7. The molecule has 0 atom stereocenters. The minimum atomic E-state index is -0.298. The molecule has 0 unspecified atom stereocenters. The van der Waals surface area contributed by atoms with Crippen LogP contribution < -0.4 is 10.5 Å². The van der Waals surface area contributed by atoms with E-state index < -0.39 is 0 Å². The molecule has 0 fully saturated rings. The Kier molecular flexibility index (Phi) is 4.79. The van der Waals surface area contributed by atoms with Crippen molar-refractivity contribution in [2.45, 2.75) is 6.42 Å². The predicted molar refractivity (Wildman–Crippen MR) is 63.4 cm³/mol. The molecule has 0 aliphatic rings. The summed E-state index contributed by atoms with van der Waals surface area (Å²) in [5.41, 5.74) is 6.30. The molecule has 0 aromatic heterocycles. The van der Waals surface area contributed by atoms with Crippen molar-refractivity contribution < 1.29 is 9.53 Å². The van der Waals surface area contributed by atoms with Gasteiger partial charge in [-0.05, 0) is 31.2 Å². The number of carbonyl (C=O) groups is 1. The molecule has 0 aliphatic heterocycles. The summed E-state index contributed by atoms with van der Waals surface area (Å²) < 4.78 is 5.14. The largest absolute Gasteiger partial charge is 0.497 e. The predicted octanol–water partition coefficient (Wildman–Crippen LogP) is 0.655. The molecule has 0 radical (unpaired) electrons. The average Bonchev–Trinajstić information content (AvgIpc) is 2.26. The van der Waals surface area contributed by atoms with Crippen LogP contribution in [-0.2, 0) is 11.2 Å². The molecule has 0 bridgehead atoms. The fourth-order valence-electron chi connectivity index (χ4n) is 1.49. The van der Waals surface area contributed by atoms with Gasteiger partial charge in [0, 0.05) is 6.54 Å². The van der Waals surface area contributed by atoms with Crippen molar-refractivity contribution in [1.29, 1.82) is 0 Å². The van der Waals surface area contributed by atoms with E-state index in [4.69, 9.17) is 10.5 Å². The van der Waals surface area contributed by atoms with Crippen LogP contribution in [-0.4, -0.2) is 38.1 Å². The molecule has 0 saturated carbocycles. The number of primary amides is 1. The Labute approximate surface area is 96.0 Å². The van der Waals surface area contributed by atoms with E-state index in [0.29, 0.717) is 6.54 Å². The third kappa shape index (κ3) is 4.31. The molecule has 4 heteroatoms. The van der Waals surface area contributed by atoms with Crippen LogP contribution >= 0.6 is 0 Å². The van der Waals surface area contributed by atoms with E-state index in [2.05, 4.69) is 0 Å². The molecule has 88 valence electrons. The molecular weight excluding hydrogens is 204 g/mol. The lowest BCUT2D eigenvalue weighted by molar-refractivity contribution is -0.118. The summed E-state index contributed by atoms with van der Waals surface area (Å²) in [4.78, 5) is 12.6. The van der Waals surface area contributed by atoms with E-state index in [1.165, 1.54) is 5.56 Å². The van der Waals surface area contributed by atoms with E-state index in [1.54, 1.807) is 7.11 Å². The van der Waals surface area contributed by atoms with Crippen molar-refractivity contribution >= 4 is 5.91 Å². The molecule has 1 amide bonds. The molecule has 0 heterocycles. The summed E-state index contributed by atoms with van der Waals surface area (Å²) in [5.74, 6) is 0.559. The highest BCUT2D eigenvalue weighted by Crippen LogP contribution is 2.12. The number of amides is 1. The lowest BCUT2D eigenvalue weighted by Crippen LogP contribution is -2.32. The first kappa shape index (κ1) is 12.5. The van der Waals surface area contributed by atoms with Crippen LogP contribution in [0.15, 0.2) is 24.3 Å². The highest BCUT2D eigenvalue weighted by molar-refractivity contribution is 5.75. The van der Waals surface area contributed by atoms with Crippen molar-refractivity contribution in [1.82, 2.24) is 4.90 Å². The highest BCUT2D eigenvalue weighted by atomic mass is 16.5. The summed E-state index contributed by atoms with van der Waals surface area (Å²) in [7, 11) is 3.53. The number of nitrogens with zero attached hydrogens (tertiary/aromatic N) is 1. The van der Waals surface area contributed by atoms with Gasteiger partial charge in [0.2, 0.25) is 5.91 Å². The number of methoxy groups -OCH3 is 1. The molecule has 0 aliphatic carbocycles. The molecule has 16 heavy (non-hydrogen) atoms. The average molecular weight is 222 g/mol. The van der Waals surface area contributed by atoms with Gasteiger partial charge in [0.25, 0.3) is 0 Å². The van der Waals surface area contributed by atoms with E-state index in [9.17, 15) is 4.79 Å². The maximum atomic E-state index is 10.7. The van der Waals surface area contributed by atoms with Crippen molar-refractivity contribution in [2.75, 3.05) is 27.2 Å². The van der Waals surface area contributed by atoms with E-state index in [-0.39, 0.29) is 5.91 Å². The first-order chi connectivity index (χ1) is 7.61. The van der Waals surface area contributed by atoms with Crippen molar-refractivity contribution in [2.24, 2.45) is 5.73 Å². The molecule has 0 spiro atoms. The molecule has 1 aromatic rings. The molecular formula is C12H18N2O2. The number of benzene rings is 1. The Hall–Kier alpha value is -1.55.